The Hall–Kier alpha value is -3.02. The number of phenolic OH excluding ortho intramolecular Hbond substituents is 2. The molecule has 1 aliphatic rings. The minimum Gasteiger partial charge on any atom is -0.508 e. The molecule has 0 spiro atoms. The quantitative estimate of drug-likeness (QED) is 0.842. The number of esters is 1. The minimum absolute atomic E-state index is 0.0511. The van der Waals surface area contributed by atoms with E-state index in [4.69, 9.17) is 9.47 Å². The molecule has 2 N–H and O–H groups in total. The number of phenols is 2. The Morgan fingerprint density at radius 2 is 1.92 bits per heavy atom. The van der Waals surface area contributed by atoms with Crippen molar-refractivity contribution < 1.29 is 29.3 Å². The highest BCUT2D eigenvalue weighted by atomic mass is 16.6. The molecule has 0 aromatic heterocycles. The van der Waals surface area contributed by atoms with E-state index < -0.39 is 29.7 Å². The summed E-state index contributed by atoms with van der Waals surface area (Å²) < 4.78 is 11.1. The molecule has 6 heteroatoms. The number of hydrogen-bond acceptors (Lipinski definition) is 6. The lowest BCUT2D eigenvalue weighted by Gasteiger charge is -2.32. The molecule has 124 valence electrons. The lowest BCUT2D eigenvalue weighted by Crippen LogP contribution is -2.39. The summed E-state index contributed by atoms with van der Waals surface area (Å²) in [7, 11) is 0. The van der Waals surface area contributed by atoms with Gasteiger partial charge in [0.2, 0.25) is 11.9 Å². The highest BCUT2D eigenvalue weighted by Gasteiger charge is 2.42. The number of carbonyl (C=O) groups excluding carboxylic acids is 2. The molecule has 2 atom stereocenters. The third kappa shape index (κ3) is 2.78. The number of carbonyl (C=O) groups is 2. The van der Waals surface area contributed by atoms with Crippen molar-refractivity contribution in [3.05, 3.63) is 53.6 Å². The first-order valence-electron chi connectivity index (χ1n) is 7.52. The fraction of sp³-hybridized carbons (Fsp3) is 0.222. The second kappa shape index (κ2) is 6.23. The fourth-order valence-corrected chi connectivity index (χ4v) is 2.63. The van der Waals surface area contributed by atoms with Crippen LogP contribution < -0.4 is 4.74 Å². The molecule has 3 rings (SSSR count). The van der Waals surface area contributed by atoms with Crippen molar-refractivity contribution in [1.82, 2.24) is 0 Å². The average molecular weight is 328 g/mol. The van der Waals surface area contributed by atoms with Gasteiger partial charge in [-0.05, 0) is 5.56 Å². The largest absolute Gasteiger partial charge is 0.508 e. The standard InChI is InChI=1S/C18H16O6/c1-2-14(21)24-18-16(22)15-12(20)8-11(19)9-13(15)23-17(18)10-6-4-3-5-7-10/h3-9,17-20H,2H2,1H3/t17-,18+/m1/s1. The number of benzene rings is 2. The molecule has 1 aliphatic heterocycles. The van der Waals surface area contributed by atoms with E-state index in [1.807, 2.05) is 6.07 Å². The van der Waals surface area contributed by atoms with Crippen LogP contribution in [0.3, 0.4) is 0 Å². The van der Waals surface area contributed by atoms with Crippen LogP contribution in [0.15, 0.2) is 42.5 Å². The lowest BCUT2D eigenvalue weighted by atomic mass is 9.92. The van der Waals surface area contributed by atoms with E-state index in [9.17, 15) is 19.8 Å². The van der Waals surface area contributed by atoms with Gasteiger partial charge in [0.25, 0.3) is 0 Å². The van der Waals surface area contributed by atoms with Gasteiger partial charge in [-0.2, -0.15) is 0 Å². The molecule has 0 bridgehead atoms. The number of aromatic hydroxyl groups is 2. The van der Waals surface area contributed by atoms with Gasteiger partial charge in [-0.25, -0.2) is 0 Å². The van der Waals surface area contributed by atoms with Crippen molar-refractivity contribution in [2.24, 2.45) is 0 Å². The van der Waals surface area contributed by atoms with E-state index in [0.717, 1.165) is 6.07 Å². The van der Waals surface area contributed by atoms with E-state index in [-0.39, 0.29) is 23.5 Å². The van der Waals surface area contributed by atoms with Crippen LogP contribution in [0.4, 0.5) is 0 Å². The Bertz CT molecular complexity index is 784. The summed E-state index contributed by atoms with van der Waals surface area (Å²) in [5.41, 5.74) is 0.544. The molecular formula is C18H16O6. The van der Waals surface area contributed by atoms with E-state index in [1.165, 1.54) is 6.07 Å². The summed E-state index contributed by atoms with van der Waals surface area (Å²) >= 11 is 0. The Morgan fingerprint density at radius 3 is 2.58 bits per heavy atom. The first kappa shape index (κ1) is 15.9. The van der Waals surface area contributed by atoms with Gasteiger partial charge in [-0.3, -0.25) is 9.59 Å². The SMILES string of the molecule is CCC(=O)O[C@H]1C(=O)c2c(O)cc(O)cc2O[C@@H]1c1ccccc1. The number of ketones is 1. The van der Waals surface area contributed by atoms with Gasteiger partial charge in [0.15, 0.2) is 6.10 Å². The van der Waals surface area contributed by atoms with E-state index in [0.29, 0.717) is 5.56 Å². The van der Waals surface area contributed by atoms with Crippen LogP contribution in [0.2, 0.25) is 0 Å². The molecule has 0 amide bonds. The number of hydrogen-bond donors (Lipinski definition) is 2. The smallest absolute Gasteiger partial charge is 0.306 e. The van der Waals surface area contributed by atoms with Crippen LogP contribution >= 0.6 is 0 Å². The normalized spacial score (nSPS) is 19.3. The summed E-state index contributed by atoms with van der Waals surface area (Å²) in [6.45, 7) is 1.62. The lowest BCUT2D eigenvalue weighted by molar-refractivity contribution is -0.151. The van der Waals surface area contributed by atoms with E-state index in [2.05, 4.69) is 0 Å². The predicted molar refractivity (Wildman–Crippen MR) is 84.1 cm³/mol. The maximum atomic E-state index is 12.8. The summed E-state index contributed by atoms with van der Waals surface area (Å²) in [5, 5.41) is 19.6. The Morgan fingerprint density at radius 1 is 1.21 bits per heavy atom. The molecule has 0 saturated heterocycles. The fourth-order valence-electron chi connectivity index (χ4n) is 2.63. The van der Waals surface area contributed by atoms with Crippen LogP contribution in [-0.4, -0.2) is 28.1 Å². The Balaban J connectivity index is 2.09. The Kier molecular flexibility index (Phi) is 4.12. The van der Waals surface area contributed by atoms with Gasteiger partial charge in [0, 0.05) is 18.6 Å². The summed E-state index contributed by atoms with van der Waals surface area (Å²) in [6.07, 6.45) is -1.95. The molecule has 2 aromatic rings. The van der Waals surface area contributed by atoms with Gasteiger partial charge in [0.05, 0.1) is 0 Å². The second-order valence-corrected chi connectivity index (χ2v) is 5.42. The monoisotopic (exact) mass is 328 g/mol. The van der Waals surface area contributed by atoms with Crippen LogP contribution in [-0.2, 0) is 9.53 Å². The van der Waals surface area contributed by atoms with Crippen molar-refractivity contribution in [3.63, 3.8) is 0 Å². The number of fused-ring (bicyclic) bond motifs is 1. The van der Waals surface area contributed by atoms with Gasteiger partial charge < -0.3 is 19.7 Å². The maximum Gasteiger partial charge on any atom is 0.306 e. The highest BCUT2D eigenvalue weighted by molar-refractivity contribution is 6.06. The molecule has 0 saturated carbocycles. The zero-order valence-electron chi connectivity index (χ0n) is 12.9. The van der Waals surface area contributed by atoms with Gasteiger partial charge in [-0.1, -0.05) is 37.3 Å². The number of rotatable bonds is 3. The average Bonchev–Trinajstić information content (AvgIpc) is 2.57. The molecule has 0 unspecified atom stereocenters. The molecule has 0 aliphatic carbocycles. The molecule has 2 aromatic carbocycles. The number of Topliss-reactive ketones (excluding diaryl/α,β-unsaturated/α-hetero) is 1. The first-order chi connectivity index (χ1) is 11.5. The van der Waals surface area contributed by atoms with Crippen molar-refractivity contribution in [2.75, 3.05) is 0 Å². The zero-order valence-corrected chi connectivity index (χ0v) is 12.9. The third-order valence-corrected chi connectivity index (χ3v) is 3.78. The van der Waals surface area contributed by atoms with Gasteiger partial charge >= 0.3 is 5.97 Å². The summed E-state index contributed by atoms with van der Waals surface area (Å²) in [4.78, 5) is 24.5. The molecule has 24 heavy (non-hydrogen) atoms. The van der Waals surface area contributed by atoms with Crippen molar-refractivity contribution in [1.29, 1.82) is 0 Å². The van der Waals surface area contributed by atoms with Crippen LogP contribution in [0.25, 0.3) is 0 Å². The van der Waals surface area contributed by atoms with Crippen molar-refractivity contribution in [3.8, 4) is 17.2 Å². The topological polar surface area (TPSA) is 93.1 Å². The van der Waals surface area contributed by atoms with E-state index in [1.54, 1.807) is 31.2 Å². The van der Waals surface area contributed by atoms with E-state index >= 15 is 0 Å². The van der Waals surface area contributed by atoms with Crippen molar-refractivity contribution in [2.45, 2.75) is 25.6 Å². The van der Waals surface area contributed by atoms with Gasteiger partial charge in [0.1, 0.15) is 22.8 Å². The number of ether oxygens (including phenoxy) is 2. The maximum absolute atomic E-state index is 12.8. The van der Waals surface area contributed by atoms with Crippen LogP contribution in [0.5, 0.6) is 17.2 Å². The molecule has 0 radical (unpaired) electrons. The minimum atomic E-state index is -1.21. The Labute approximate surface area is 138 Å². The molecule has 0 fully saturated rings. The van der Waals surface area contributed by atoms with Crippen molar-refractivity contribution >= 4 is 11.8 Å². The first-order valence-corrected chi connectivity index (χ1v) is 7.52. The zero-order chi connectivity index (χ0) is 17.3. The third-order valence-electron chi connectivity index (χ3n) is 3.78. The summed E-state index contributed by atoms with van der Waals surface area (Å²) in [6, 6.07) is 11.2. The molecule has 1 heterocycles. The molecular weight excluding hydrogens is 312 g/mol. The van der Waals surface area contributed by atoms with Crippen LogP contribution in [0, 0.1) is 0 Å². The predicted octanol–water partition coefficient (Wildman–Crippen LogP) is 2.74. The van der Waals surface area contributed by atoms with Crippen LogP contribution in [0.1, 0.15) is 35.4 Å². The summed E-state index contributed by atoms with van der Waals surface area (Å²) in [5.74, 6) is -1.70. The second-order valence-electron chi connectivity index (χ2n) is 5.42. The van der Waals surface area contributed by atoms with Gasteiger partial charge in [-0.15, -0.1) is 0 Å². The highest BCUT2D eigenvalue weighted by Crippen LogP contribution is 2.42. The molecule has 6 nitrogen and oxygen atoms in total.